The molecule has 122 valence electrons. The van der Waals surface area contributed by atoms with Gasteiger partial charge in [0.15, 0.2) is 15.6 Å². The fourth-order valence-electron chi connectivity index (χ4n) is 2.10. The van der Waals surface area contributed by atoms with Crippen LogP contribution in [0, 0.1) is 11.6 Å². The van der Waals surface area contributed by atoms with Gasteiger partial charge in [-0.3, -0.25) is 4.79 Å². The summed E-state index contributed by atoms with van der Waals surface area (Å²) in [6.07, 6.45) is 1.02. The molecule has 2 aromatic carbocycles. The molecule has 0 amide bonds. The van der Waals surface area contributed by atoms with E-state index < -0.39 is 21.5 Å². The summed E-state index contributed by atoms with van der Waals surface area (Å²) in [5.74, 6) is -1.72. The minimum absolute atomic E-state index is 0.0424. The highest BCUT2D eigenvalue weighted by Crippen LogP contribution is 2.24. The molecule has 7 heteroatoms. The third-order valence-electron chi connectivity index (χ3n) is 3.30. The van der Waals surface area contributed by atoms with E-state index in [1.54, 1.807) is 0 Å². The lowest BCUT2D eigenvalue weighted by molar-refractivity contribution is 0.101. The van der Waals surface area contributed by atoms with E-state index in [1.165, 1.54) is 31.2 Å². The van der Waals surface area contributed by atoms with Gasteiger partial charge < -0.3 is 5.32 Å². The summed E-state index contributed by atoms with van der Waals surface area (Å²) < 4.78 is 50.9. The SMILES string of the molecule is CC(=O)c1ccc(S(C)(=O)=O)c(NCc2c(F)cccc2F)c1. The number of carbonyl (C=O) groups excluding carboxylic acids is 1. The van der Waals surface area contributed by atoms with Gasteiger partial charge in [-0.15, -0.1) is 0 Å². The molecule has 0 radical (unpaired) electrons. The van der Waals surface area contributed by atoms with Crippen molar-refractivity contribution in [3.05, 3.63) is 59.2 Å². The van der Waals surface area contributed by atoms with Gasteiger partial charge in [0, 0.05) is 23.9 Å². The van der Waals surface area contributed by atoms with Crippen LogP contribution in [0.5, 0.6) is 0 Å². The van der Waals surface area contributed by atoms with Crippen LogP contribution in [0.1, 0.15) is 22.8 Å². The molecule has 0 saturated carbocycles. The summed E-state index contributed by atoms with van der Waals surface area (Å²) in [7, 11) is -3.56. The molecule has 0 atom stereocenters. The standard InChI is InChI=1S/C16H15F2NO3S/c1-10(20)11-6-7-16(23(2,21)22)15(8-11)19-9-12-13(17)4-3-5-14(12)18/h3-8,19H,9H2,1-2H3. The second-order valence-electron chi connectivity index (χ2n) is 5.09. The Bertz CT molecular complexity index is 843. The number of hydrogen-bond donors (Lipinski definition) is 1. The molecule has 1 N–H and O–H groups in total. The lowest BCUT2D eigenvalue weighted by atomic mass is 10.1. The molecule has 0 aliphatic rings. The lowest BCUT2D eigenvalue weighted by Gasteiger charge is -2.13. The highest BCUT2D eigenvalue weighted by Gasteiger charge is 2.16. The van der Waals surface area contributed by atoms with Crippen LogP contribution in [0.25, 0.3) is 0 Å². The Balaban J connectivity index is 2.41. The minimum Gasteiger partial charge on any atom is -0.380 e. The van der Waals surface area contributed by atoms with Gasteiger partial charge in [-0.1, -0.05) is 6.07 Å². The van der Waals surface area contributed by atoms with Crippen LogP contribution in [0.15, 0.2) is 41.3 Å². The van der Waals surface area contributed by atoms with E-state index in [-0.39, 0.29) is 28.5 Å². The number of carbonyl (C=O) groups is 1. The van der Waals surface area contributed by atoms with Crippen LogP contribution in [-0.4, -0.2) is 20.5 Å². The van der Waals surface area contributed by atoms with Crippen LogP contribution in [-0.2, 0) is 16.4 Å². The number of halogens is 2. The van der Waals surface area contributed by atoms with Gasteiger partial charge >= 0.3 is 0 Å². The molecule has 0 fully saturated rings. The van der Waals surface area contributed by atoms with Gasteiger partial charge in [0.2, 0.25) is 0 Å². The molecule has 4 nitrogen and oxygen atoms in total. The zero-order chi connectivity index (χ0) is 17.2. The summed E-state index contributed by atoms with van der Waals surface area (Å²) >= 11 is 0. The second-order valence-corrected chi connectivity index (χ2v) is 7.08. The van der Waals surface area contributed by atoms with E-state index in [0.29, 0.717) is 5.56 Å². The predicted octanol–water partition coefficient (Wildman–Crippen LogP) is 3.18. The molecule has 2 aromatic rings. The van der Waals surface area contributed by atoms with Gasteiger partial charge in [-0.2, -0.15) is 0 Å². The predicted molar refractivity (Wildman–Crippen MR) is 83.2 cm³/mol. The van der Waals surface area contributed by atoms with Crippen LogP contribution < -0.4 is 5.32 Å². The molecule has 0 heterocycles. The Hall–Kier alpha value is -2.28. The van der Waals surface area contributed by atoms with E-state index in [0.717, 1.165) is 18.4 Å². The van der Waals surface area contributed by atoms with Gasteiger partial charge in [0.05, 0.1) is 10.6 Å². The monoisotopic (exact) mass is 339 g/mol. The zero-order valence-corrected chi connectivity index (χ0v) is 13.4. The molecule has 0 aliphatic carbocycles. The maximum absolute atomic E-state index is 13.6. The number of hydrogen-bond acceptors (Lipinski definition) is 4. The lowest BCUT2D eigenvalue weighted by Crippen LogP contribution is -2.09. The summed E-state index contributed by atoms with van der Waals surface area (Å²) in [4.78, 5) is 11.4. The van der Waals surface area contributed by atoms with Crippen LogP contribution >= 0.6 is 0 Å². The first-order valence-electron chi connectivity index (χ1n) is 6.72. The summed E-state index contributed by atoms with van der Waals surface area (Å²) in [5, 5.41) is 2.70. The summed E-state index contributed by atoms with van der Waals surface area (Å²) in [5.41, 5.74) is 0.219. The second kappa shape index (κ2) is 6.45. The molecule has 0 aromatic heterocycles. The summed E-state index contributed by atoms with van der Waals surface area (Å²) in [6.45, 7) is 1.10. The van der Waals surface area contributed by atoms with Crippen LogP contribution in [0.4, 0.5) is 14.5 Å². The van der Waals surface area contributed by atoms with Crippen LogP contribution in [0.3, 0.4) is 0 Å². The number of nitrogens with one attached hydrogen (secondary N) is 1. The number of rotatable bonds is 5. The number of ketones is 1. The van der Waals surface area contributed by atoms with Crippen molar-refractivity contribution in [2.24, 2.45) is 0 Å². The van der Waals surface area contributed by atoms with E-state index in [4.69, 9.17) is 0 Å². The average Bonchev–Trinajstić information content (AvgIpc) is 2.45. The largest absolute Gasteiger partial charge is 0.380 e. The fourth-order valence-corrected chi connectivity index (χ4v) is 2.94. The highest BCUT2D eigenvalue weighted by molar-refractivity contribution is 7.90. The molecule has 23 heavy (non-hydrogen) atoms. The normalized spacial score (nSPS) is 11.3. The third-order valence-corrected chi connectivity index (χ3v) is 4.46. The Morgan fingerprint density at radius 3 is 2.26 bits per heavy atom. The first kappa shape index (κ1) is 17.1. The molecule has 0 saturated heterocycles. The van der Waals surface area contributed by atoms with E-state index >= 15 is 0 Å². The van der Waals surface area contributed by atoms with Crippen molar-refractivity contribution in [1.82, 2.24) is 0 Å². The summed E-state index contributed by atoms with van der Waals surface area (Å²) in [6, 6.07) is 7.52. The van der Waals surface area contributed by atoms with Gasteiger partial charge in [-0.05, 0) is 37.3 Å². The van der Waals surface area contributed by atoms with Gasteiger partial charge in [0.1, 0.15) is 11.6 Å². The van der Waals surface area contributed by atoms with Gasteiger partial charge in [-0.25, -0.2) is 17.2 Å². The van der Waals surface area contributed by atoms with Crippen molar-refractivity contribution in [1.29, 1.82) is 0 Å². The third kappa shape index (κ3) is 3.92. The molecule has 0 aliphatic heterocycles. The number of anilines is 1. The van der Waals surface area contributed by atoms with Crippen molar-refractivity contribution in [2.75, 3.05) is 11.6 Å². The van der Waals surface area contributed by atoms with Crippen molar-refractivity contribution < 1.29 is 22.0 Å². The van der Waals surface area contributed by atoms with E-state index in [9.17, 15) is 22.0 Å². The maximum atomic E-state index is 13.6. The highest BCUT2D eigenvalue weighted by atomic mass is 32.2. The quantitative estimate of drug-likeness (QED) is 0.850. The van der Waals surface area contributed by atoms with E-state index in [2.05, 4.69) is 5.32 Å². The van der Waals surface area contributed by atoms with Crippen molar-refractivity contribution in [2.45, 2.75) is 18.4 Å². The minimum atomic E-state index is -3.56. The Morgan fingerprint density at radius 2 is 1.74 bits per heavy atom. The molecular weight excluding hydrogens is 324 g/mol. The smallest absolute Gasteiger partial charge is 0.177 e. The first-order valence-corrected chi connectivity index (χ1v) is 8.61. The Kier molecular flexibility index (Phi) is 4.79. The van der Waals surface area contributed by atoms with Crippen molar-refractivity contribution in [3.63, 3.8) is 0 Å². The topological polar surface area (TPSA) is 63.2 Å². The van der Waals surface area contributed by atoms with Gasteiger partial charge in [0.25, 0.3) is 0 Å². The molecular formula is C16H15F2NO3S. The average molecular weight is 339 g/mol. The van der Waals surface area contributed by atoms with E-state index in [1.807, 2.05) is 0 Å². The number of benzene rings is 2. The van der Waals surface area contributed by atoms with Crippen molar-refractivity contribution in [3.8, 4) is 0 Å². The number of Topliss-reactive ketones (excluding diaryl/α,β-unsaturated/α-hetero) is 1. The molecule has 0 unspecified atom stereocenters. The van der Waals surface area contributed by atoms with Crippen LogP contribution in [0.2, 0.25) is 0 Å². The molecule has 2 rings (SSSR count). The Labute approximate surface area is 133 Å². The molecule has 0 bridgehead atoms. The van der Waals surface area contributed by atoms with Crippen molar-refractivity contribution >= 4 is 21.3 Å². The Morgan fingerprint density at radius 1 is 1.13 bits per heavy atom. The molecule has 0 spiro atoms. The fraction of sp³-hybridized carbons (Fsp3) is 0.188. The zero-order valence-electron chi connectivity index (χ0n) is 12.6. The number of sulfone groups is 1. The first-order chi connectivity index (χ1) is 10.7. The maximum Gasteiger partial charge on any atom is 0.177 e.